The number of aryl methyl sites for hydroxylation is 2. The van der Waals surface area contributed by atoms with Gasteiger partial charge < -0.3 is 5.73 Å². The highest BCUT2D eigenvalue weighted by atomic mass is 35.5. The van der Waals surface area contributed by atoms with Crippen LogP contribution in [0.4, 0.5) is 0 Å². The van der Waals surface area contributed by atoms with Gasteiger partial charge in [0, 0.05) is 11.1 Å². The van der Waals surface area contributed by atoms with Gasteiger partial charge in [-0.25, -0.2) is 8.42 Å². The molecule has 21 heavy (non-hydrogen) atoms. The van der Waals surface area contributed by atoms with Crippen molar-refractivity contribution in [2.24, 2.45) is 5.73 Å². The van der Waals surface area contributed by atoms with Gasteiger partial charge in [0.2, 0.25) is 0 Å². The van der Waals surface area contributed by atoms with Crippen LogP contribution in [0.5, 0.6) is 0 Å². The first kappa shape index (κ1) is 16.0. The van der Waals surface area contributed by atoms with Crippen molar-refractivity contribution in [3.63, 3.8) is 0 Å². The van der Waals surface area contributed by atoms with Crippen molar-refractivity contribution in [1.82, 2.24) is 0 Å². The number of rotatable bonds is 4. The topological polar surface area (TPSA) is 60.2 Å². The van der Waals surface area contributed by atoms with Gasteiger partial charge in [0.1, 0.15) is 0 Å². The third kappa shape index (κ3) is 3.84. The normalized spacial score (nSPS) is 13.1. The van der Waals surface area contributed by atoms with E-state index < -0.39 is 15.9 Å². The lowest BCUT2D eigenvalue weighted by atomic mass is 10.0. The van der Waals surface area contributed by atoms with E-state index in [2.05, 4.69) is 0 Å². The zero-order valence-corrected chi connectivity index (χ0v) is 13.6. The van der Waals surface area contributed by atoms with Crippen LogP contribution in [0, 0.1) is 13.8 Å². The fourth-order valence-corrected chi connectivity index (χ4v) is 3.83. The zero-order chi connectivity index (χ0) is 15.6. The summed E-state index contributed by atoms with van der Waals surface area (Å²) in [4.78, 5) is 0.243. The Morgan fingerprint density at radius 2 is 1.71 bits per heavy atom. The molecule has 0 spiro atoms. The van der Waals surface area contributed by atoms with Gasteiger partial charge in [-0.05, 0) is 49.2 Å². The molecule has 0 saturated carbocycles. The summed E-state index contributed by atoms with van der Waals surface area (Å²) in [6, 6.07) is 11.4. The van der Waals surface area contributed by atoms with E-state index in [-0.39, 0.29) is 10.6 Å². The predicted molar refractivity (Wildman–Crippen MR) is 86.3 cm³/mol. The summed E-state index contributed by atoms with van der Waals surface area (Å²) in [5.74, 6) is -0.126. The maximum Gasteiger partial charge on any atom is 0.180 e. The molecule has 5 heteroatoms. The number of nitrogens with two attached hydrogens (primary N) is 1. The van der Waals surface area contributed by atoms with Gasteiger partial charge >= 0.3 is 0 Å². The van der Waals surface area contributed by atoms with E-state index in [4.69, 9.17) is 17.3 Å². The van der Waals surface area contributed by atoms with Crippen LogP contribution in [0.3, 0.4) is 0 Å². The second kappa shape index (κ2) is 6.18. The molecule has 2 rings (SSSR count). The Morgan fingerprint density at radius 3 is 2.29 bits per heavy atom. The molecule has 112 valence electrons. The molecule has 0 aromatic heterocycles. The summed E-state index contributed by atoms with van der Waals surface area (Å²) in [5, 5.41) is 0.507. The second-order valence-electron chi connectivity index (χ2n) is 5.20. The summed E-state index contributed by atoms with van der Waals surface area (Å²) in [6.07, 6.45) is 0. The minimum atomic E-state index is -3.43. The standard InChI is InChI=1S/C16H18ClNO2S/c1-11-3-8-15(12(2)9-11)16(18)10-21(19,20)14-6-4-13(17)5-7-14/h3-9,16H,10,18H2,1-2H3. The molecule has 0 bridgehead atoms. The Kier molecular flexibility index (Phi) is 4.71. The first-order valence-electron chi connectivity index (χ1n) is 6.60. The smallest absolute Gasteiger partial charge is 0.180 e. The molecule has 0 saturated heterocycles. The van der Waals surface area contributed by atoms with Crippen molar-refractivity contribution < 1.29 is 8.42 Å². The Balaban J connectivity index is 2.25. The highest BCUT2D eigenvalue weighted by Gasteiger charge is 2.21. The Bertz CT molecular complexity index is 739. The third-order valence-electron chi connectivity index (χ3n) is 3.40. The molecule has 0 amide bonds. The van der Waals surface area contributed by atoms with E-state index in [1.54, 1.807) is 12.1 Å². The molecular weight excluding hydrogens is 306 g/mol. The van der Waals surface area contributed by atoms with Crippen molar-refractivity contribution in [1.29, 1.82) is 0 Å². The van der Waals surface area contributed by atoms with Crippen molar-refractivity contribution in [3.05, 3.63) is 64.2 Å². The van der Waals surface area contributed by atoms with Crippen LogP contribution in [-0.2, 0) is 9.84 Å². The average Bonchev–Trinajstić information content (AvgIpc) is 2.38. The fourth-order valence-electron chi connectivity index (χ4n) is 2.31. The molecule has 2 N–H and O–H groups in total. The zero-order valence-electron chi connectivity index (χ0n) is 12.0. The molecular formula is C16H18ClNO2S. The summed E-state index contributed by atoms with van der Waals surface area (Å²) < 4.78 is 24.8. The van der Waals surface area contributed by atoms with Crippen molar-refractivity contribution in [2.75, 3.05) is 5.75 Å². The highest BCUT2D eigenvalue weighted by Crippen LogP contribution is 2.22. The third-order valence-corrected chi connectivity index (χ3v) is 5.44. The van der Waals surface area contributed by atoms with Gasteiger partial charge in [0.05, 0.1) is 10.6 Å². The molecule has 0 radical (unpaired) electrons. The van der Waals surface area contributed by atoms with Gasteiger partial charge in [0.25, 0.3) is 0 Å². The molecule has 0 aliphatic heterocycles. The van der Waals surface area contributed by atoms with Crippen molar-refractivity contribution in [2.45, 2.75) is 24.8 Å². The summed E-state index contributed by atoms with van der Waals surface area (Å²) >= 11 is 5.78. The number of benzene rings is 2. The van der Waals surface area contributed by atoms with Crippen LogP contribution in [0.25, 0.3) is 0 Å². The average molecular weight is 324 g/mol. The molecule has 2 aromatic carbocycles. The molecule has 0 fully saturated rings. The van der Waals surface area contributed by atoms with E-state index in [1.807, 2.05) is 32.0 Å². The number of halogens is 1. The Morgan fingerprint density at radius 1 is 1.10 bits per heavy atom. The Labute approximate surface area is 130 Å². The lowest BCUT2D eigenvalue weighted by molar-refractivity contribution is 0.588. The second-order valence-corrected chi connectivity index (χ2v) is 7.67. The van der Waals surface area contributed by atoms with Crippen molar-refractivity contribution in [3.8, 4) is 0 Å². The quantitative estimate of drug-likeness (QED) is 0.937. The molecule has 3 nitrogen and oxygen atoms in total. The molecule has 1 unspecified atom stereocenters. The first-order valence-corrected chi connectivity index (χ1v) is 8.64. The maximum absolute atomic E-state index is 12.4. The van der Waals surface area contributed by atoms with E-state index in [0.29, 0.717) is 5.02 Å². The minimum Gasteiger partial charge on any atom is -0.323 e. The van der Waals surface area contributed by atoms with Crippen LogP contribution >= 0.6 is 11.6 Å². The lowest BCUT2D eigenvalue weighted by Crippen LogP contribution is -2.22. The first-order chi connectivity index (χ1) is 9.79. The van der Waals surface area contributed by atoms with Crippen LogP contribution in [-0.4, -0.2) is 14.2 Å². The molecule has 1 atom stereocenters. The van der Waals surface area contributed by atoms with Gasteiger partial charge in [0.15, 0.2) is 9.84 Å². The number of hydrogen-bond acceptors (Lipinski definition) is 3. The Hall–Kier alpha value is -1.36. The number of hydrogen-bond donors (Lipinski definition) is 1. The highest BCUT2D eigenvalue weighted by molar-refractivity contribution is 7.91. The molecule has 0 heterocycles. The van der Waals surface area contributed by atoms with Crippen LogP contribution in [0.1, 0.15) is 22.7 Å². The van der Waals surface area contributed by atoms with Gasteiger partial charge in [-0.3, -0.25) is 0 Å². The SMILES string of the molecule is Cc1ccc(C(N)CS(=O)(=O)c2ccc(Cl)cc2)c(C)c1. The lowest BCUT2D eigenvalue weighted by Gasteiger charge is -2.15. The summed E-state index contributed by atoms with van der Waals surface area (Å²) in [6.45, 7) is 3.93. The number of sulfone groups is 1. The predicted octanol–water partition coefficient (Wildman–Crippen LogP) is 3.43. The maximum atomic E-state index is 12.4. The van der Waals surface area contributed by atoms with E-state index in [0.717, 1.165) is 16.7 Å². The summed E-state index contributed by atoms with van der Waals surface area (Å²) in [7, 11) is -3.43. The monoisotopic (exact) mass is 323 g/mol. The largest absolute Gasteiger partial charge is 0.323 e. The van der Waals surface area contributed by atoms with Gasteiger partial charge in [-0.15, -0.1) is 0 Å². The molecule has 0 aliphatic carbocycles. The van der Waals surface area contributed by atoms with E-state index in [1.165, 1.54) is 12.1 Å². The summed E-state index contributed by atoms with van der Waals surface area (Å²) in [5.41, 5.74) is 9.09. The van der Waals surface area contributed by atoms with Crippen LogP contribution in [0.2, 0.25) is 5.02 Å². The van der Waals surface area contributed by atoms with Crippen molar-refractivity contribution >= 4 is 21.4 Å². The van der Waals surface area contributed by atoms with E-state index in [9.17, 15) is 8.42 Å². The van der Waals surface area contributed by atoms with E-state index >= 15 is 0 Å². The van der Waals surface area contributed by atoms with Gasteiger partial charge in [-0.2, -0.15) is 0 Å². The van der Waals surface area contributed by atoms with Gasteiger partial charge in [-0.1, -0.05) is 35.4 Å². The van der Waals surface area contributed by atoms with Crippen LogP contribution in [0.15, 0.2) is 47.4 Å². The van der Waals surface area contributed by atoms with Crippen LogP contribution < -0.4 is 5.73 Å². The fraction of sp³-hybridized carbons (Fsp3) is 0.250. The molecule has 0 aliphatic rings. The minimum absolute atomic E-state index is 0.126. The molecule has 2 aromatic rings.